The van der Waals surface area contributed by atoms with Crippen molar-refractivity contribution in [3.05, 3.63) is 11.6 Å². The molecule has 0 amide bonds. The molecule has 17 heavy (non-hydrogen) atoms. The Labute approximate surface area is 103 Å². The Balaban J connectivity index is 2.46. The highest BCUT2D eigenvalue weighted by Gasteiger charge is 2.51. The number of carbonyl (C=O) groups excluding carboxylic acids is 1. The van der Waals surface area contributed by atoms with Crippen molar-refractivity contribution in [2.75, 3.05) is 0 Å². The zero-order valence-electron chi connectivity index (χ0n) is 10.8. The van der Waals surface area contributed by atoms with Crippen LogP contribution >= 0.6 is 0 Å². The van der Waals surface area contributed by atoms with Gasteiger partial charge in [0.1, 0.15) is 5.78 Å². The molecule has 0 unspecified atom stereocenters. The summed E-state index contributed by atoms with van der Waals surface area (Å²) < 4.78 is 0. The summed E-state index contributed by atoms with van der Waals surface area (Å²) in [4.78, 5) is 11.8. The Morgan fingerprint density at radius 2 is 2.12 bits per heavy atom. The van der Waals surface area contributed by atoms with Gasteiger partial charge in [-0.3, -0.25) is 4.79 Å². The van der Waals surface area contributed by atoms with E-state index in [1.54, 1.807) is 6.92 Å². The van der Waals surface area contributed by atoms with Crippen LogP contribution in [-0.2, 0) is 4.79 Å². The van der Waals surface area contributed by atoms with E-state index in [1.165, 1.54) is 0 Å². The van der Waals surface area contributed by atoms with Gasteiger partial charge in [0.25, 0.3) is 0 Å². The molecule has 0 spiro atoms. The highest BCUT2D eigenvalue weighted by Crippen LogP contribution is 2.53. The molecule has 96 valence electrons. The molecule has 3 nitrogen and oxygen atoms in total. The fourth-order valence-electron chi connectivity index (χ4n) is 3.83. The van der Waals surface area contributed by atoms with E-state index in [4.69, 9.17) is 0 Å². The van der Waals surface area contributed by atoms with Crippen molar-refractivity contribution in [2.45, 2.75) is 52.2 Å². The maximum Gasteiger partial charge on any atom is 0.136 e. The van der Waals surface area contributed by atoms with Crippen molar-refractivity contribution < 1.29 is 15.0 Å². The lowest BCUT2D eigenvalue weighted by molar-refractivity contribution is -0.134. The fraction of sp³-hybridized carbons (Fsp3) is 0.786. The summed E-state index contributed by atoms with van der Waals surface area (Å²) in [5.74, 6) is -0.0276. The summed E-state index contributed by atoms with van der Waals surface area (Å²) >= 11 is 0. The molecule has 0 heterocycles. The van der Waals surface area contributed by atoms with Crippen LogP contribution < -0.4 is 0 Å². The largest absolute Gasteiger partial charge is 0.392 e. The highest BCUT2D eigenvalue weighted by atomic mass is 16.3. The van der Waals surface area contributed by atoms with Crippen LogP contribution in [0.4, 0.5) is 0 Å². The number of hydrogen-bond donors (Lipinski definition) is 2. The van der Waals surface area contributed by atoms with E-state index in [1.807, 2.05) is 6.08 Å². The summed E-state index contributed by atoms with van der Waals surface area (Å²) in [6.45, 7) is 5.72. The van der Waals surface area contributed by atoms with Gasteiger partial charge in [0.05, 0.1) is 18.1 Å². The molecule has 0 bridgehead atoms. The lowest BCUT2D eigenvalue weighted by Gasteiger charge is -2.51. The number of fused-ring (bicyclic) bond motifs is 1. The normalized spacial score (nSPS) is 46.1. The molecule has 2 N–H and O–H groups in total. The number of allylic oxidation sites excluding steroid dienone is 1. The minimum absolute atomic E-state index is 0.0637. The minimum Gasteiger partial charge on any atom is -0.392 e. The number of rotatable bonds is 1. The van der Waals surface area contributed by atoms with Gasteiger partial charge in [0.2, 0.25) is 0 Å². The van der Waals surface area contributed by atoms with Gasteiger partial charge < -0.3 is 10.2 Å². The Kier molecular flexibility index (Phi) is 3.17. The molecule has 0 aromatic heterocycles. The third kappa shape index (κ3) is 1.85. The van der Waals surface area contributed by atoms with E-state index in [-0.39, 0.29) is 23.0 Å². The first-order valence-corrected chi connectivity index (χ1v) is 6.45. The first-order valence-electron chi connectivity index (χ1n) is 6.45. The summed E-state index contributed by atoms with van der Waals surface area (Å²) in [6, 6.07) is 0. The van der Waals surface area contributed by atoms with Crippen molar-refractivity contribution >= 4 is 5.78 Å². The third-order valence-corrected chi connectivity index (χ3v) is 4.88. The molecular formula is C14H22O3. The second kappa shape index (κ2) is 4.21. The number of hydrogen-bond acceptors (Lipinski definition) is 3. The van der Waals surface area contributed by atoms with Gasteiger partial charge in [-0.1, -0.05) is 25.5 Å². The van der Waals surface area contributed by atoms with Crippen molar-refractivity contribution in [1.82, 2.24) is 0 Å². The molecule has 3 heteroatoms. The first-order chi connectivity index (χ1) is 7.87. The van der Waals surface area contributed by atoms with Crippen LogP contribution in [0.1, 0.15) is 40.0 Å². The van der Waals surface area contributed by atoms with E-state index in [9.17, 15) is 15.0 Å². The smallest absolute Gasteiger partial charge is 0.136 e. The average Bonchev–Trinajstić information content (AvgIpc) is 2.20. The maximum atomic E-state index is 11.8. The van der Waals surface area contributed by atoms with Crippen LogP contribution in [0.5, 0.6) is 0 Å². The van der Waals surface area contributed by atoms with E-state index in [0.29, 0.717) is 12.8 Å². The van der Waals surface area contributed by atoms with Crippen LogP contribution in [0.25, 0.3) is 0 Å². The molecular weight excluding hydrogens is 216 g/mol. The van der Waals surface area contributed by atoms with Gasteiger partial charge in [-0.2, -0.15) is 0 Å². The van der Waals surface area contributed by atoms with Gasteiger partial charge >= 0.3 is 0 Å². The van der Waals surface area contributed by atoms with Crippen molar-refractivity contribution in [2.24, 2.45) is 17.3 Å². The molecule has 1 saturated carbocycles. The van der Waals surface area contributed by atoms with Crippen molar-refractivity contribution in [3.8, 4) is 0 Å². The van der Waals surface area contributed by atoms with E-state index < -0.39 is 12.2 Å². The third-order valence-electron chi connectivity index (χ3n) is 4.88. The summed E-state index contributed by atoms with van der Waals surface area (Å²) in [5, 5.41) is 19.9. The summed E-state index contributed by atoms with van der Waals surface area (Å²) in [7, 11) is 0. The van der Waals surface area contributed by atoms with Crippen molar-refractivity contribution in [3.63, 3.8) is 0 Å². The number of ketones is 1. The molecule has 5 atom stereocenters. The molecule has 2 rings (SSSR count). The van der Waals surface area contributed by atoms with Crippen LogP contribution in [0.2, 0.25) is 0 Å². The minimum atomic E-state index is -0.535. The fourth-order valence-corrected chi connectivity index (χ4v) is 3.83. The Morgan fingerprint density at radius 3 is 2.71 bits per heavy atom. The predicted molar refractivity (Wildman–Crippen MR) is 65.4 cm³/mol. The summed E-state index contributed by atoms with van der Waals surface area (Å²) in [5.41, 5.74) is 0.886. The summed E-state index contributed by atoms with van der Waals surface area (Å²) in [6.07, 6.45) is 3.08. The van der Waals surface area contributed by atoms with Gasteiger partial charge in [0, 0.05) is 5.41 Å². The monoisotopic (exact) mass is 238 g/mol. The van der Waals surface area contributed by atoms with Crippen molar-refractivity contribution in [1.29, 1.82) is 0 Å². The Bertz CT molecular complexity index is 360. The predicted octanol–water partition coefficient (Wildman–Crippen LogP) is 1.68. The quantitative estimate of drug-likeness (QED) is 0.683. The number of carbonyl (C=O) groups is 1. The number of aliphatic hydroxyl groups is 2. The molecule has 0 aromatic carbocycles. The molecule has 0 radical (unpaired) electrons. The topological polar surface area (TPSA) is 57.5 Å². The second-order valence-electron chi connectivity index (χ2n) is 5.87. The maximum absolute atomic E-state index is 11.8. The second-order valence-corrected chi connectivity index (χ2v) is 5.87. The Hall–Kier alpha value is -0.670. The number of Topliss-reactive ketones (excluding diaryl/α,β-unsaturated/α-hetero) is 1. The first kappa shape index (κ1) is 12.8. The van der Waals surface area contributed by atoms with E-state index in [0.717, 1.165) is 12.0 Å². The van der Waals surface area contributed by atoms with Gasteiger partial charge in [0.15, 0.2) is 0 Å². The molecule has 2 aliphatic rings. The highest BCUT2D eigenvalue weighted by molar-refractivity contribution is 5.80. The zero-order chi connectivity index (χ0) is 12.8. The Morgan fingerprint density at radius 1 is 1.47 bits per heavy atom. The lowest BCUT2D eigenvalue weighted by atomic mass is 9.53. The molecule has 0 saturated heterocycles. The lowest BCUT2D eigenvalue weighted by Crippen LogP contribution is -2.51. The van der Waals surface area contributed by atoms with Gasteiger partial charge in [-0.25, -0.2) is 0 Å². The zero-order valence-corrected chi connectivity index (χ0v) is 10.8. The van der Waals surface area contributed by atoms with Gasteiger partial charge in [-0.15, -0.1) is 0 Å². The average molecular weight is 238 g/mol. The molecule has 0 aromatic rings. The van der Waals surface area contributed by atoms with Gasteiger partial charge in [-0.05, 0) is 32.1 Å². The van der Waals surface area contributed by atoms with E-state index in [2.05, 4.69) is 13.8 Å². The standard InChI is InChI=1S/C14H22O3/c1-8-6-11(16)7-10-4-5-12(17)13(9(2)15)14(8,10)3/h7-8,11-13,16-17H,4-6H2,1-3H3/t8-,11-,12+,13-,14+/m0/s1. The SMILES string of the molecule is CC(=O)[C@H]1[C@H](O)CCC2=C[C@@H](O)C[C@H](C)[C@]21C. The molecule has 0 aliphatic heterocycles. The van der Waals surface area contributed by atoms with Crippen LogP contribution in [0, 0.1) is 17.3 Å². The van der Waals surface area contributed by atoms with Crippen LogP contribution in [0.15, 0.2) is 11.6 Å². The van der Waals surface area contributed by atoms with Crippen LogP contribution in [-0.4, -0.2) is 28.2 Å². The number of aliphatic hydroxyl groups excluding tert-OH is 2. The molecule has 1 fully saturated rings. The van der Waals surface area contributed by atoms with Crippen LogP contribution in [0.3, 0.4) is 0 Å². The molecule has 2 aliphatic carbocycles. The van der Waals surface area contributed by atoms with E-state index >= 15 is 0 Å².